The third-order valence-electron chi connectivity index (χ3n) is 2.40. The van der Waals surface area contributed by atoms with Crippen LogP contribution in [0.2, 0.25) is 0 Å². The van der Waals surface area contributed by atoms with E-state index >= 15 is 0 Å². The van der Waals surface area contributed by atoms with Crippen molar-refractivity contribution in [2.24, 2.45) is 5.92 Å². The molecular weight excluding hydrogens is 136 g/mol. The molecule has 0 unspecified atom stereocenters. The van der Waals surface area contributed by atoms with Crippen LogP contribution in [0.4, 0.5) is 0 Å². The van der Waals surface area contributed by atoms with Crippen LogP contribution in [0.15, 0.2) is 23.8 Å². The van der Waals surface area contributed by atoms with Crippen LogP contribution in [0.5, 0.6) is 0 Å². The molecule has 0 aromatic rings. The van der Waals surface area contributed by atoms with Crippen molar-refractivity contribution >= 4 is 0 Å². The van der Waals surface area contributed by atoms with Gasteiger partial charge in [0.2, 0.25) is 0 Å². The summed E-state index contributed by atoms with van der Waals surface area (Å²) < 4.78 is 5.59. The van der Waals surface area contributed by atoms with Crippen LogP contribution >= 0.6 is 0 Å². The number of ether oxygens (including phenoxy) is 1. The van der Waals surface area contributed by atoms with Crippen molar-refractivity contribution in [1.82, 2.24) is 0 Å². The highest BCUT2D eigenvalue weighted by Gasteiger charge is 2.25. The van der Waals surface area contributed by atoms with Crippen molar-refractivity contribution in [1.29, 1.82) is 0 Å². The zero-order valence-electron chi connectivity index (χ0n) is 7.08. The smallest absolute Gasteiger partial charge is 0.0949 e. The summed E-state index contributed by atoms with van der Waals surface area (Å²) in [7, 11) is 0. The maximum atomic E-state index is 5.59. The Morgan fingerprint density at radius 1 is 1.45 bits per heavy atom. The van der Waals surface area contributed by atoms with Crippen molar-refractivity contribution in [3.63, 3.8) is 0 Å². The third-order valence-corrected chi connectivity index (χ3v) is 2.40. The topological polar surface area (TPSA) is 9.23 Å². The Morgan fingerprint density at radius 2 is 2.27 bits per heavy atom. The monoisotopic (exact) mass is 150 g/mol. The Morgan fingerprint density at radius 3 is 2.91 bits per heavy atom. The summed E-state index contributed by atoms with van der Waals surface area (Å²) in [6.45, 7) is 4.49. The molecule has 2 aliphatic heterocycles. The molecule has 0 saturated carbocycles. The molecule has 2 rings (SSSR count). The van der Waals surface area contributed by atoms with Gasteiger partial charge in [-0.25, -0.2) is 0 Å². The van der Waals surface area contributed by atoms with Gasteiger partial charge in [0.15, 0.2) is 0 Å². The van der Waals surface area contributed by atoms with E-state index in [0.29, 0.717) is 12.0 Å². The van der Waals surface area contributed by atoms with Crippen LogP contribution in [-0.4, -0.2) is 12.2 Å². The van der Waals surface area contributed by atoms with E-state index in [2.05, 4.69) is 32.1 Å². The normalized spacial score (nSPS) is 34.6. The quantitative estimate of drug-likeness (QED) is 0.521. The molecule has 11 heavy (non-hydrogen) atoms. The van der Waals surface area contributed by atoms with Gasteiger partial charge in [-0.2, -0.15) is 0 Å². The van der Waals surface area contributed by atoms with Gasteiger partial charge in [0, 0.05) is 0 Å². The van der Waals surface area contributed by atoms with E-state index in [9.17, 15) is 0 Å². The first-order valence-corrected chi connectivity index (χ1v) is 4.30. The Bertz CT molecular complexity index is 213. The van der Waals surface area contributed by atoms with Gasteiger partial charge in [-0.15, -0.1) is 0 Å². The molecule has 0 N–H and O–H groups in total. The van der Waals surface area contributed by atoms with Crippen LogP contribution in [0.25, 0.3) is 0 Å². The van der Waals surface area contributed by atoms with Gasteiger partial charge in [0.1, 0.15) is 0 Å². The van der Waals surface area contributed by atoms with E-state index in [4.69, 9.17) is 4.74 Å². The molecule has 0 amide bonds. The molecule has 0 aromatic carbocycles. The van der Waals surface area contributed by atoms with E-state index in [0.717, 1.165) is 6.42 Å². The average molecular weight is 150 g/mol. The molecule has 2 heterocycles. The molecule has 2 aliphatic rings. The van der Waals surface area contributed by atoms with Crippen molar-refractivity contribution < 1.29 is 4.74 Å². The highest BCUT2D eigenvalue weighted by molar-refractivity contribution is 5.23. The molecule has 0 aliphatic carbocycles. The minimum absolute atomic E-state index is 0.283. The molecule has 0 aromatic heterocycles. The van der Waals surface area contributed by atoms with Crippen molar-refractivity contribution in [2.75, 3.05) is 0 Å². The summed E-state index contributed by atoms with van der Waals surface area (Å²) in [5, 5.41) is 0. The summed E-state index contributed by atoms with van der Waals surface area (Å²) in [4.78, 5) is 0. The van der Waals surface area contributed by atoms with Gasteiger partial charge in [-0.1, -0.05) is 37.6 Å². The zero-order chi connectivity index (χ0) is 7.84. The Balaban J connectivity index is 2.17. The largest absolute Gasteiger partial charge is 0.362 e. The predicted octanol–water partition coefficient (Wildman–Crippen LogP) is 2.30. The van der Waals surface area contributed by atoms with E-state index in [1.165, 1.54) is 0 Å². The molecule has 0 saturated heterocycles. The summed E-state index contributed by atoms with van der Waals surface area (Å²) >= 11 is 0. The van der Waals surface area contributed by atoms with E-state index in [1.807, 2.05) is 0 Å². The van der Waals surface area contributed by atoms with Crippen molar-refractivity contribution in [2.45, 2.75) is 32.5 Å². The van der Waals surface area contributed by atoms with Gasteiger partial charge >= 0.3 is 0 Å². The molecule has 1 nitrogen and oxygen atoms in total. The first kappa shape index (κ1) is 7.11. The SMILES string of the molecule is CC(C)C1=C[C@@H]2C=C[C@H](C1)O2. The summed E-state index contributed by atoms with van der Waals surface area (Å²) in [6, 6.07) is 0. The van der Waals surface area contributed by atoms with Crippen LogP contribution in [0.1, 0.15) is 20.3 Å². The molecule has 0 radical (unpaired) electrons. The van der Waals surface area contributed by atoms with Crippen LogP contribution in [0.3, 0.4) is 0 Å². The molecule has 0 fully saturated rings. The van der Waals surface area contributed by atoms with Gasteiger partial charge in [-0.05, 0) is 12.3 Å². The predicted molar refractivity (Wildman–Crippen MR) is 45.3 cm³/mol. The lowest BCUT2D eigenvalue weighted by atomic mass is 9.96. The maximum Gasteiger partial charge on any atom is 0.0949 e. The van der Waals surface area contributed by atoms with Crippen LogP contribution in [0, 0.1) is 5.92 Å². The van der Waals surface area contributed by atoms with Crippen molar-refractivity contribution in [3.8, 4) is 0 Å². The number of hydrogen-bond acceptors (Lipinski definition) is 1. The Kier molecular flexibility index (Phi) is 1.61. The lowest BCUT2D eigenvalue weighted by Crippen LogP contribution is -2.19. The zero-order valence-corrected chi connectivity index (χ0v) is 7.08. The van der Waals surface area contributed by atoms with Gasteiger partial charge in [0.05, 0.1) is 12.2 Å². The highest BCUT2D eigenvalue weighted by Crippen LogP contribution is 2.29. The van der Waals surface area contributed by atoms with Crippen LogP contribution in [-0.2, 0) is 4.74 Å². The minimum Gasteiger partial charge on any atom is -0.362 e. The molecule has 60 valence electrons. The van der Waals surface area contributed by atoms with Gasteiger partial charge < -0.3 is 4.74 Å². The molecule has 0 spiro atoms. The second-order valence-corrected chi connectivity index (χ2v) is 3.62. The van der Waals surface area contributed by atoms with Crippen molar-refractivity contribution in [3.05, 3.63) is 23.8 Å². The molecular formula is C10H14O. The molecule has 2 bridgehead atoms. The number of fused-ring (bicyclic) bond motifs is 2. The Labute approximate surface area is 67.7 Å². The lowest BCUT2D eigenvalue weighted by molar-refractivity contribution is 0.0739. The first-order chi connectivity index (χ1) is 5.25. The van der Waals surface area contributed by atoms with Crippen LogP contribution < -0.4 is 0 Å². The lowest BCUT2D eigenvalue weighted by Gasteiger charge is -2.22. The standard InChI is InChI=1S/C10H14O/c1-7(2)8-5-9-3-4-10(6-8)11-9/h3-5,7,9-10H,6H2,1-2H3/t9-,10+/m0/s1. The van der Waals surface area contributed by atoms with E-state index in [-0.39, 0.29) is 6.10 Å². The van der Waals surface area contributed by atoms with E-state index in [1.54, 1.807) is 5.57 Å². The maximum absolute atomic E-state index is 5.59. The molecule has 1 heteroatoms. The average Bonchev–Trinajstić information content (AvgIpc) is 2.30. The fourth-order valence-corrected chi connectivity index (χ4v) is 1.68. The fraction of sp³-hybridized carbons (Fsp3) is 0.600. The molecule has 2 atom stereocenters. The highest BCUT2D eigenvalue weighted by atomic mass is 16.5. The number of rotatable bonds is 1. The van der Waals surface area contributed by atoms with E-state index < -0.39 is 0 Å². The first-order valence-electron chi connectivity index (χ1n) is 4.30. The minimum atomic E-state index is 0.283. The number of hydrogen-bond donors (Lipinski definition) is 0. The van der Waals surface area contributed by atoms with Gasteiger partial charge in [0.25, 0.3) is 0 Å². The fourth-order valence-electron chi connectivity index (χ4n) is 1.68. The summed E-state index contributed by atoms with van der Waals surface area (Å²) in [5.41, 5.74) is 1.55. The summed E-state index contributed by atoms with van der Waals surface area (Å²) in [5.74, 6) is 0.684. The summed E-state index contributed by atoms with van der Waals surface area (Å²) in [6.07, 6.45) is 8.35. The van der Waals surface area contributed by atoms with Gasteiger partial charge in [-0.3, -0.25) is 0 Å². The Hall–Kier alpha value is -0.560. The third kappa shape index (κ3) is 1.25. The second kappa shape index (κ2) is 2.49. The second-order valence-electron chi connectivity index (χ2n) is 3.62.